The second-order valence-electron chi connectivity index (χ2n) is 4.61. The summed E-state index contributed by atoms with van der Waals surface area (Å²) in [6.45, 7) is 3.12. The summed E-state index contributed by atoms with van der Waals surface area (Å²) in [6, 6.07) is 6.03. The fourth-order valence-electron chi connectivity index (χ4n) is 1.76. The molecule has 7 heteroatoms. The molecule has 0 aliphatic rings. The van der Waals surface area contributed by atoms with Crippen LogP contribution in [0.4, 0.5) is 18.9 Å². The molecule has 4 nitrogen and oxygen atoms in total. The Morgan fingerprint density at radius 2 is 2.00 bits per heavy atom. The zero-order valence-corrected chi connectivity index (χ0v) is 12.0. The largest absolute Gasteiger partial charge is 0.482 e. The number of hydrogen-bond acceptors (Lipinski definition) is 3. The normalized spacial score (nSPS) is 12.8. The van der Waals surface area contributed by atoms with Gasteiger partial charge in [-0.25, -0.2) is 0 Å². The van der Waals surface area contributed by atoms with E-state index < -0.39 is 12.8 Å². The van der Waals surface area contributed by atoms with E-state index in [1.807, 2.05) is 13.8 Å². The minimum Gasteiger partial charge on any atom is -0.482 e. The molecule has 0 fully saturated rings. The number of halogens is 3. The molecule has 0 aliphatic heterocycles. The Labute approximate surface area is 121 Å². The molecule has 0 spiro atoms. The number of ether oxygens (including phenoxy) is 1. The van der Waals surface area contributed by atoms with Crippen LogP contribution in [0.25, 0.3) is 0 Å². The molecule has 1 unspecified atom stereocenters. The van der Waals surface area contributed by atoms with Gasteiger partial charge in [-0.1, -0.05) is 19.1 Å². The lowest BCUT2D eigenvalue weighted by Gasteiger charge is -2.15. The molecule has 2 N–H and O–H groups in total. The summed E-state index contributed by atoms with van der Waals surface area (Å²) in [5.74, 6) is -0.286. The number of rotatable bonds is 7. The second kappa shape index (κ2) is 7.87. The van der Waals surface area contributed by atoms with Crippen molar-refractivity contribution in [1.29, 1.82) is 0 Å². The maximum absolute atomic E-state index is 12.2. The maximum atomic E-state index is 12.2. The summed E-state index contributed by atoms with van der Waals surface area (Å²) in [5.41, 5.74) is 0.232. The molecule has 0 bridgehead atoms. The molecule has 0 radical (unpaired) electrons. The third-order valence-corrected chi connectivity index (χ3v) is 2.60. The van der Waals surface area contributed by atoms with Gasteiger partial charge in [-0.15, -0.1) is 0 Å². The van der Waals surface area contributed by atoms with Crippen LogP contribution in [0.2, 0.25) is 0 Å². The lowest BCUT2D eigenvalue weighted by atomic mass is 10.2. The summed E-state index contributed by atoms with van der Waals surface area (Å²) in [7, 11) is 0. The van der Waals surface area contributed by atoms with Gasteiger partial charge in [-0.3, -0.25) is 4.79 Å². The molecule has 0 saturated carbocycles. The number of carbonyl (C=O) groups is 1. The Balaban J connectivity index is 2.64. The maximum Gasteiger partial charge on any atom is 0.422 e. The van der Waals surface area contributed by atoms with Gasteiger partial charge in [-0.05, 0) is 25.6 Å². The van der Waals surface area contributed by atoms with Gasteiger partial charge in [0.2, 0.25) is 5.91 Å². The third-order valence-electron chi connectivity index (χ3n) is 2.60. The van der Waals surface area contributed by atoms with Crippen LogP contribution in [0.15, 0.2) is 24.3 Å². The molecular weight excluding hydrogens is 285 g/mol. The van der Waals surface area contributed by atoms with E-state index in [9.17, 15) is 18.0 Å². The molecule has 1 atom stereocenters. The van der Waals surface area contributed by atoms with Gasteiger partial charge in [0.1, 0.15) is 5.75 Å². The van der Waals surface area contributed by atoms with Crippen LogP contribution in [-0.4, -0.2) is 31.3 Å². The van der Waals surface area contributed by atoms with Crippen LogP contribution < -0.4 is 15.4 Å². The van der Waals surface area contributed by atoms with Crippen LogP contribution in [0.1, 0.15) is 20.3 Å². The number of hydrogen-bond donors (Lipinski definition) is 2. The van der Waals surface area contributed by atoms with E-state index in [0.717, 1.165) is 6.54 Å². The SMILES string of the molecule is CCNC(C)CC(=O)Nc1ccccc1OCC(F)(F)F. The second-order valence-corrected chi connectivity index (χ2v) is 4.61. The van der Waals surface area contributed by atoms with E-state index >= 15 is 0 Å². The fourth-order valence-corrected chi connectivity index (χ4v) is 1.76. The minimum absolute atomic E-state index is 0.000668. The van der Waals surface area contributed by atoms with Crippen molar-refractivity contribution in [3.05, 3.63) is 24.3 Å². The van der Waals surface area contributed by atoms with Crippen molar-refractivity contribution in [2.75, 3.05) is 18.5 Å². The molecule has 1 amide bonds. The number of nitrogens with one attached hydrogen (secondary N) is 2. The van der Waals surface area contributed by atoms with Gasteiger partial charge in [-0.2, -0.15) is 13.2 Å². The van der Waals surface area contributed by atoms with Crippen molar-refractivity contribution >= 4 is 11.6 Å². The Bertz CT molecular complexity index is 464. The number of benzene rings is 1. The van der Waals surface area contributed by atoms with Gasteiger partial charge in [0, 0.05) is 12.5 Å². The summed E-state index contributed by atoms with van der Waals surface area (Å²) >= 11 is 0. The lowest BCUT2D eigenvalue weighted by Crippen LogP contribution is -2.30. The molecule has 0 saturated heterocycles. The number of amides is 1. The zero-order valence-electron chi connectivity index (χ0n) is 12.0. The van der Waals surface area contributed by atoms with Gasteiger partial charge in [0.15, 0.2) is 6.61 Å². The summed E-state index contributed by atoms with van der Waals surface area (Å²) in [5, 5.41) is 5.65. The van der Waals surface area contributed by atoms with Crippen LogP contribution >= 0.6 is 0 Å². The van der Waals surface area contributed by atoms with Crippen molar-refractivity contribution in [3.63, 3.8) is 0 Å². The third kappa shape index (κ3) is 6.99. The Morgan fingerprint density at radius 1 is 1.33 bits per heavy atom. The monoisotopic (exact) mass is 304 g/mol. The first-order chi connectivity index (χ1) is 9.81. The van der Waals surface area contributed by atoms with Gasteiger partial charge in [0.25, 0.3) is 0 Å². The smallest absolute Gasteiger partial charge is 0.422 e. The number of para-hydroxylation sites is 2. The van der Waals surface area contributed by atoms with Crippen LogP contribution in [0, 0.1) is 0 Å². The Kier molecular flexibility index (Phi) is 6.48. The predicted octanol–water partition coefficient (Wildman–Crippen LogP) is 2.95. The van der Waals surface area contributed by atoms with Crippen molar-refractivity contribution in [3.8, 4) is 5.75 Å². The van der Waals surface area contributed by atoms with Crippen molar-refractivity contribution in [1.82, 2.24) is 5.32 Å². The summed E-state index contributed by atoms with van der Waals surface area (Å²) < 4.78 is 41.2. The van der Waals surface area contributed by atoms with Crippen LogP contribution in [0.3, 0.4) is 0 Å². The average Bonchev–Trinajstić information content (AvgIpc) is 2.36. The summed E-state index contributed by atoms with van der Waals surface area (Å²) in [6.07, 6.45) is -4.20. The van der Waals surface area contributed by atoms with Crippen LogP contribution in [-0.2, 0) is 4.79 Å². The fraction of sp³-hybridized carbons (Fsp3) is 0.500. The molecule has 0 aromatic heterocycles. The minimum atomic E-state index is -4.42. The number of alkyl halides is 3. The number of carbonyl (C=O) groups excluding carboxylic acids is 1. The van der Waals surface area contributed by atoms with E-state index in [4.69, 9.17) is 4.74 Å². The zero-order chi connectivity index (χ0) is 15.9. The standard InChI is InChI=1S/C14H19F3N2O2/c1-3-18-10(2)8-13(20)19-11-6-4-5-7-12(11)21-9-14(15,16)17/h4-7,10,18H,3,8-9H2,1-2H3,(H,19,20). The number of anilines is 1. The first-order valence-corrected chi connectivity index (χ1v) is 6.63. The highest BCUT2D eigenvalue weighted by molar-refractivity contribution is 5.92. The molecule has 21 heavy (non-hydrogen) atoms. The van der Waals surface area contributed by atoms with Crippen molar-refractivity contribution in [2.24, 2.45) is 0 Å². The first kappa shape index (κ1) is 17.3. The van der Waals surface area contributed by atoms with Gasteiger partial charge >= 0.3 is 6.18 Å². The molecule has 1 aromatic rings. The highest BCUT2D eigenvalue weighted by atomic mass is 19.4. The Hall–Kier alpha value is -1.76. The summed E-state index contributed by atoms with van der Waals surface area (Å²) in [4.78, 5) is 11.8. The quantitative estimate of drug-likeness (QED) is 0.814. The van der Waals surface area contributed by atoms with E-state index in [1.54, 1.807) is 12.1 Å². The van der Waals surface area contributed by atoms with E-state index in [0.29, 0.717) is 0 Å². The highest BCUT2D eigenvalue weighted by Gasteiger charge is 2.28. The molecule has 118 valence electrons. The van der Waals surface area contributed by atoms with E-state index in [-0.39, 0.29) is 29.8 Å². The Morgan fingerprint density at radius 3 is 2.62 bits per heavy atom. The molecule has 1 rings (SSSR count). The average molecular weight is 304 g/mol. The molecular formula is C14H19F3N2O2. The molecule has 1 aromatic carbocycles. The van der Waals surface area contributed by atoms with Crippen molar-refractivity contribution < 1.29 is 22.7 Å². The van der Waals surface area contributed by atoms with Crippen LogP contribution in [0.5, 0.6) is 5.75 Å². The van der Waals surface area contributed by atoms with E-state index in [2.05, 4.69) is 10.6 Å². The first-order valence-electron chi connectivity index (χ1n) is 6.63. The van der Waals surface area contributed by atoms with Crippen molar-refractivity contribution in [2.45, 2.75) is 32.5 Å². The van der Waals surface area contributed by atoms with Gasteiger partial charge in [0.05, 0.1) is 5.69 Å². The molecule has 0 heterocycles. The lowest BCUT2D eigenvalue weighted by molar-refractivity contribution is -0.153. The van der Waals surface area contributed by atoms with E-state index in [1.165, 1.54) is 12.1 Å². The predicted molar refractivity (Wildman–Crippen MR) is 74.4 cm³/mol. The topological polar surface area (TPSA) is 50.4 Å². The molecule has 0 aliphatic carbocycles. The van der Waals surface area contributed by atoms with Gasteiger partial charge < -0.3 is 15.4 Å². The highest BCUT2D eigenvalue weighted by Crippen LogP contribution is 2.26.